The fourth-order valence-corrected chi connectivity index (χ4v) is 1.37. The number of hydrogen-bond acceptors (Lipinski definition) is 5. The molecule has 0 amide bonds. The highest BCUT2D eigenvalue weighted by atomic mass is 16.5. The lowest BCUT2D eigenvalue weighted by Gasteiger charge is -2.08. The van der Waals surface area contributed by atoms with Crippen LogP contribution in [0.1, 0.15) is 5.89 Å². The summed E-state index contributed by atoms with van der Waals surface area (Å²) in [5, 5.41) is 3.87. The maximum atomic E-state index is 5.51. The van der Waals surface area contributed by atoms with Gasteiger partial charge >= 0.3 is 0 Å². The quantitative estimate of drug-likeness (QED) is 0.772. The molecular weight excluding hydrogens is 208 g/mol. The van der Waals surface area contributed by atoms with Crippen LogP contribution < -0.4 is 5.73 Å². The molecular formula is C10H14N4O2. The number of nitrogens with zero attached hydrogens (tertiary/aromatic N) is 2. The number of aromatic nitrogens is 3. The van der Waals surface area contributed by atoms with Crippen LogP contribution in [0.2, 0.25) is 0 Å². The normalized spacial score (nSPS) is 12.9. The van der Waals surface area contributed by atoms with E-state index in [-0.39, 0.29) is 6.10 Å². The Morgan fingerprint density at radius 3 is 3.12 bits per heavy atom. The largest absolute Gasteiger partial charge is 0.380 e. The first-order chi connectivity index (χ1) is 7.83. The summed E-state index contributed by atoms with van der Waals surface area (Å²) in [4.78, 5) is 7.25. The van der Waals surface area contributed by atoms with Gasteiger partial charge in [0.05, 0.1) is 18.2 Å². The van der Waals surface area contributed by atoms with Gasteiger partial charge in [-0.15, -0.1) is 0 Å². The monoisotopic (exact) mass is 222 g/mol. The summed E-state index contributed by atoms with van der Waals surface area (Å²) in [6.45, 7) is 0.427. The summed E-state index contributed by atoms with van der Waals surface area (Å²) in [6.07, 6.45) is 2.25. The molecule has 0 aliphatic carbocycles. The maximum absolute atomic E-state index is 5.51. The minimum Gasteiger partial charge on any atom is -0.380 e. The fourth-order valence-electron chi connectivity index (χ4n) is 1.37. The van der Waals surface area contributed by atoms with Gasteiger partial charge in [0.15, 0.2) is 0 Å². The summed E-state index contributed by atoms with van der Waals surface area (Å²) in [6, 6.07) is 3.76. The van der Waals surface area contributed by atoms with Crippen molar-refractivity contribution in [1.82, 2.24) is 15.1 Å². The number of aromatic amines is 1. The number of hydrogen-bond donors (Lipinski definition) is 2. The lowest BCUT2D eigenvalue weighted by molar-refractivity contribution is 0.102. The van der Waals surface area contributed by atoms with Gasteiger partial charge in [0.1, 0.15) is 0 Å². The minimum atomic E-state index is -0.0862. The SMILES string of the molecule is COC(CN)Cc1nc(-c2ccc[nH]2)no1. The Balaban J connectivity index is 2.08. The lowest BCUT2D eigenvalue weighted by Crippen LogP contribution is -2.24. The van der Waals surface area contributed by atoms with E-state index < -0.39 is 0 Å². The van der Waals surface area contributed by atoms with Gasteiger partial charge in [0, 0.05) is 19.9 Å². The van der Waals surface area contributed by atoms with Gasteiger partial charge in [0.2, 0.25) is 11.7 Å². The molecule has 16 heavy (non-hydrogen) atoms. The molecule has 1 unspecified atom stereocenters. The Bertz CT molecular complexity index is 420. The van der Waals surface area contributed by atoms with Crippen LogP contribution in [0.4, 0.5) is 0 Å². The molecule has 6 nitrogen and oxygen atoms in total. The van der Waals surface area contributed by atoms with E-state index in [1.807, 2.05) is 18.3 Å². The third-order valence-corrected chi connectivity index (χ3v) is 2.31. The minimum absolute atomic E-state index is 0.0862. The zero-order valence-corrected chi connectivity index (χ0v) is 9.01. The predicted molar refractivity (Wildman–Crippen MR) is 57.6 cm³/mol. The van der Waals surface area contributed by atoms with Gasteiger partial charge in [-0.25, -0.2) is 0 Å². The van der Waals surface area contributed by atoms with Crippen LogP contribution in [0.5, 0.6) is 0 Å². The van der Waals surface area contributed by atoms with Crippen molar-refractivity contribution in [2.24, 2.45) is 5.73 Å². The zero-order valence-electron chi connectivity index (χ0n) is 9.01. The Labute approximate surface area is 92.8 Å². The molecule has 0 saturated carbocycles. The van der Waals surface area contributed by atoms with E-state index >= 15 is 0 Å². The molecule has 0 fully saturated rings. The lowest BCUT2D eigenvalue weighted by atomic mass is 10.2. The van der Waals surface area contributed by atoms with E-state index in [1.165, 1.54) is 0 Å². The van der Waals surface area contributed by atoms with Crippen LogP contribution >= 0.6 is 0 Å². The highest BCUT2D eigenvalue weighted by Crippen LogP contribution is 2.13. The smallest absolute Gasteiger partial charge is 0.229 e. The van der Waals surface area contributed by atoms with Gasteiger partial charge in [-0.2, -0.15) is 4.98 Å². The van der Waals surface area contributed by atoms with Crippen molar-refractivity contribution < 1.29 is 9.26 Å². The summed E-state index contributed by atoms with van der Waals surface area (Å²) in [5.74, 6) is 1.08. The number of methoxy groups -OCH3 is 1. The first-order valence-electron chi connectivity index (χ1n) is 5.02. The van der Waals surface area contributed by atoms with Crippen LogP contribution in [0.25, 0.3) is 11.5 Å². The van der Waals surface area contributed by atoms with Crippen LogP contribution in [-0.2, 0) is 11.2 Å². The summed E-state index contributed by atoms with van der Waals surface area (Å²) >= 11 is 0. The van der Waals surface area contributed by atoms with Gasteiger partial charge in [-0.05, 0) is 12.1 Å². The van der Waals surface area contributed by atoms with Crippen molar-refractivity contribution in [3.63, 3.8) is 0 Å². The maximum Gasteiger partial charge on any atom is 0.229 e. The number of nitrogens with two attached hydrogens (primary N) is 1. The molecule has 2 heterocycles. The molecule has 0 spiro atoms. The molecule has 1 atom stereocenters. The molecule has 0 aromatic carbocycles. The second-order valence-electron chi connectivity index (χ2n) is 3.39. The standard InChI is InChI=1S/C10H14N4O2/c1-15-7(6-11)5-9-13-10(14-16-9)8-3-2-4-12-8/h2-4,7,12H,5-6,11H2,1H3. The predicted octanol–water partition coefficient (Wildman–Crippen LogP) is 0.581. The first kappa shape index (κ1) is 10.8. The molecule has 0 bridgehead atoms. The zero-order chi connectivity index (χ0) is 11.4. The van der Waals surface area contributed by atoms with Crippen LogP contribution in [0.3, 0.4) is 0 Å². The van der Waals surface area contributed by atoms with Crippen molar-refractivity contribution in [2.45, 2.75) is 12.5 Å². The van der Waals surface area contributed by atoms with Crippen molar-refractivity contribution >= 4 is 0 Å². The Hall–Kier alpha value is -1.66. The van der Waals surface area contributed by atoms with E-state index in [4.69, 9.17) is 15.0 Å². The van der Waals surface area contributed by atoms with Crippen molar-refractivity contribution in [3.05, 3.63) is 24.2 Å². The summed E-state index contributed by atoms with van der Waals surface area (Å²) < 4.78 is 10.2. The average molecular weight is 222 g/mol. The van der Waals surface area contributed by atoms with Gasteiger partial charge in [-0.3, -0.25) is 0 Å². The van der Waals surface area contributed by atoms with E-state index in [9.17, 15) is 0 Å². The van der Waals surface area contributed by atoms with Crippen molar-refractivity contribution in [2.75, 3.05) is 13.7 Å². The molecule has 0 saturated heterocycles. The molecule has 3 N–H and O–H groups in total. The highest BCUT2D eigenvalue weighted by molar-refractivity contribution is 5.47. The van der Waals surface area contributed by atoms with Crippen molar-refractivity contribution in [1.29, 1.82) is 0 Å². The Morgan fingerprint density at radius 2 is 2.50 bits per heavy atom. The van der Waals surface area contributed by atoms with Crippen LogP contribution in [0, 0.1) is 0 Å². The van der Waals surface area contributed by atoms with E-state index in [0.29, 0.717) is 24.7 Å². The molecule has 0 radical (unpaired) electrons. The molecule has 2 aromatic rings. The summed E-state index contributed by atoms with van der Waals surface area (Å²) in [5.41, 5.74) is 6.34. The van der Waals surface area contributed by atoms with Gasteiger partial charge in [-0.1, -0.05) is 5.16 Å². The third-order valence-electron chi connectivity index (χ3n) is 2.31. The topological polar surface area (TPSA) is 90.0 Å². The number of ether oxygens (including phenoxy) is 1. The van der Waals surface area contributed by atoms with Crippen molar-refractivity contribution in [3.8, 4) is 11.5 Å². The molecule has 2 rings (SSSR count). The summed E-state index contributed by atoms with van der Waals surface area (Å²) in [7, 11) is 1.61. The second-order valence-corrected chi connectivity index (χ2v) is 3.39. The van der Waals surface area contributed by atoms with Crippen LogP contribution in [0.15, 0.2) is 22.9 Å². The first-order valence-corrected chi connectivity index (χ1v) is 5.02. The van der Waals surface area contributed by atoms with Gasteiger partial charge in [0.25, 0.3) is 0 Å². The van der Waals surface area contributed by atoms with Crippen LogP contribution in [-0.4, -0.2) is 34.9 Å². The van der Waals surface area contributed by atoms with E-state index in [1.54, 1.807) is 7.11 Å². The molecule has 2 aromatic heterocycles. The van der Waals surface area contributed by atoms with E-state index in [0.717, 1.165) is 5.69 Å². The number of rotatable bonds is 5. The number of H-pyrrole nitrogens is 1. The second kappa shape index (κ2) is 4.91. The molecule has 0 aliphatic rings. The molecule has 86 valence electrons. The number of nitrogens with one attached hydrogen (secondary N) is 1. The molecule has 0 aliphatic heterocycles. The van der Waals surface area contributed by atoms with Gasteiger partial charge < -0.3 is 20.0 Å². The Morgan fingerprint density at radius 1 is 1.62 bits per heavy atom. The molecule has 6 heteroatoms. The highest BCUT2D eigenvalue weighted by Gasteiger charge is 2.13. The third kappa shape index (κ3) is 2.29. The van der Waals surface area contributed by atoms with E-state index in [2.05, 4.69) is 15.1 Å². The average Bonchev–Trinajstić information content (AvgIpc) is 2.96. The fraction of sp³-hybridized carbons (Fsp3) is 0.400. The Kier molecular flexibility index (Phi) is 3.33.